The minimum atomic E-state index is -0.231. The second kappa shape index (κ2) is 7.28. The van der Waals surface area contributed by atoms with Gasteiger partial charge in [0.2, 0.25) is 0 Å². The maximum absolute atomic E-state index is 13.4. The van der Waals surface area contributed by atoms with Crippen molar-refractivity contribution in [3.05, 3.63) is 95.1 Å². The van der Waals surface area contributed by atoms with Gasteiger partial charge in [-0.05, 0) is 54.3 Å². The summed E-state index contributed by atoms with van der Waals surface area (Å²) in [5.74, 6) is 0.0286. The second-order valence-electron chi connectivity index (χ2n) is 7.04. The van der Waals surface area contributed by atoms with E-state index >= 15 is 0 Å². The van der Waals surface area contributed by atoms with Crippen molar-refractivity contribution in [3.63, 3.8) is 0 Å². The van der Waals surface area contributed by atoms with Crippen LogP contribution < -0.4 is 10.2 Å². The van der Waals surface area contributed by atoms with E-state index in [-0.39, 0.29) is 13.5 Å². The minimum absolute atomic E-state index is 0. The molecule has 0 spiro atoms. The monoisotopic (exact) mass is 358 g/mol. The van der Waals surface area contributed by atoms with Gasteiger partial charge in [0.05, 0.1) is 5.56 Å². The molecule has 0 fully saturated rings. The number of fused-ring (bicyclic) bond motifs is 1. The molecule has 3 heteroatoms. The number of amides is 1. The number of rotatable bonds is 4. The Morgan fingerprint density at radius 3 is 2.41 bits per heavy atom. The zero-order chi connectivity index (χ0) is 18.8. The van der Waals surface area contributed by atoms with E-state index in [1.807, 2.05) is 41.3 Å². The lowest BCUT2D eigenvalue weighted by molar-refractivity contribution is 0.0975. The number of hydrogen-bond donors (Lipinski definition) is 1. The van der Waals surface area contributed by atoms with Gasteiger partial charge in [-0.2, -0.15) is 0 Å². The molecule has 1 aliphatic rings. The van der Waals surface area contributed by atoms with Gasteiger partial charge in [-0.3, -0.25) is 9.69 Å². The Kier molecular flexibility index (Phi) is 4.68. The fraction of sp³-hybridized carbons (Fsp3) is 0.208. The summed E-state index contributed by atoms with van der Waals surface area (Å²) in [7, 11) is 0. The van der Waals surface area contributed by atoms with Crippen LogP contribution in [0.1, 0.15) is 48.0 Å². The molecule has 0 radical (unpaired) electrons. The summed E-state index contributed by atoms with van der Waals surface area (Å²) in [6.07, 6.45) is 1.94. The Morgan fingerprint density at radius 1 is 0.963 bits per heavy atom. The van der Waals surface area contributed by atoms with E-state index in [0.29, 0.717) is 5.56 Å². The standard InChI is InChI=1S/C24H24N2O.H2/c1-3-8-18-13-15-19(16-14-18)26-23(20-10-5-4-9-17(20)2)25-22-12-7-6-11-21(22)24(26)27;/h4-7,9-16,23,25H,3,8H2,1-2H3;1H. The molecule has 3 aromatic rings. The van der Waals surface area contributed by atoms with Crippen LogP contribution in [0, 0.1) is 6.92 Å². The first-order chi connectivity index (χ1) is 13.2. The lowest BCUT2D eigenvalue weighted by atomic mass is 9.99. The van der Waals surface area contributed by atoms with E-state index in [4.69, 9.17) is 0 Å². The van der Waals surface area contributed by atoms with Crippen molar-refractivity contribution in [2.45, 2.75) is 32.9 Å². The molecule has 0 aliphatic carbocycles. The molecule has 3 nitrogen and oxygen atoms in total. The number of anilines is 2. The molecule has 138 valence electrons. The van der Waals surface area contributed by atoms with Crippen LogP contribution in [0.25, 0.3) is 0 Å². The summed E-state index contributed by atoms with van der Waals surface area (Å²) in [5, 5.41) is 3.58. The minimum Gasteiger partial charge on any atom is -0.360 e. The predicted octanol–water partition coefficient (Wildman–Crippen LogP) is 5.96. The molecular weight excluding hydrogens is 332 g/mol. The maximum atomic E-state index is 13.4. The average molecular weight is 358 g/mol. The average Bonchev–Trinajstić information content (AvgIpc) is 2.69. The molecular formula is C24H26N2O. The topological polar surface area (TPSA) is 32.3 Å². The first-order valence-electron chi connectivity index (χ1n) is 9.52. The van der Waals surface area contributed by atoms with Crippen molar-refractivity contribution in [1.82, 2.24) is 0 Å². The van der Waals surface area contributed by atoms with Crippen molar-refractivity contribution in [3.8, 4) is 0 Å². The number of nitrogens with zero attached hydrogens (tertiary/aromatic N) is 1. The quantitative estimate of drug-likeness (QED) is 0.623. The van der Waals surface area contributed by atoms with Crippen molar-refractivity contribution >= 4 is 17.3 Å². The largest absolute Gasteiger partial charge is 0.360 e. The Hall–Kier alpha value is -3.07. The van der Waals surface area contributed by atoms with Crippen LogP contribution >= 0.6 is 0 Å². The van der Waals surface area contributed by atoms with Gasteiger partial charge >= 0.3 is 0 Å². The first kappa shape index (κ1) is 17.3. The number of nitrogens with one attached hydrogen (secondary N) is 1. The van der Waals surface area contributed by atoms with E-state index < -0.39 is 0 Å². The number of hydrogen-bond acceptors (Lipinski definition) is 2. The van der Waals surface area contributed by atoms with Crippen molar-refractivity contribution in [1.29, 1.82) is 0 Å². The predicted molar refractivity (Wildman–Crippen MR) is 113 cm³/mol. The highest BCUT2D eigenvalue weighted by Gasteiger charge is 2.34. The number of para-hydroxylation sites is 1. The van der Waals surface area contributed by atoms with Gasteiger partial charge in [0.1, 0.15) is 6.17 Å². The molecule has 27 heavy (non-hydrogen) atoms. The van der Waals surface area contributed by atoms with Gasteiger partial charge in [-0.15, -0.1) is 0 Å². The zero-order valence-electron chi connectivity index (χ0n) is 15.8. The van der Waals surface area contributed by atoms with Crippen LogP contribution in [-0.2, 0) is 6.42 Å². The van der Waals surface area contributed by atoms with E-state index in [1.165, 1.54) is 5.56 Å². The Balaban J connectivity index is 0.00000225. The molecule has 3 aromatic carbocycles. The molecule has 0 aromatic heterocycles. The number of carbonyl (C=O) groups is 1. The third-order valence-corrected chi connectivity index (χ3v) is 5.16. The highest BCUT2D eigenvalue weighted by atomic mass is 16.2. The van der Waals surface area contributed by atoms with Gasteiger partial charge < -0.3 is 5.32 Å². The Morgan fingerprint density at radius 2 is 1.67 bits per heavy atom. The van der Waals surface area contributed by atoms with Gasteiger partial charge in [0, 0.05) is 12.8 Å². The molecule has 1 N–H and O–H groups in total. The zero-order valence-corrected chi connectivity index (χ0v) is 15.8. The summed E-state index contributed by atoms with van der Waals surface area (Å²) in [6.45, 7) is 4.27. The third kappa shape index (κ3) is 3.21. The molecule has 0 bridgehead atoms. The molecule has 1 amide bonds. The van der Waals surface area contributed by atoms with Crippen LogP contribution in [0.5, 0.6) is 0 Å². The van der Waals surface area contributed by atoms with Crippen molar-refractivity contribution in [2.75, 3.05) is 10.2 Å². The second-order valence-corrected chi connectivity index (χ2v) is 7.04. The van der Waals surface area contributed by atoms with Gasteiger partial charge in [0.25, 0.3) is 5.91 Å². The summed E-state index contributed by atoms with van der Waals surface area (Å²) >= 11 is 0. The van der Waals surface area contributed by atoms with E-state index in [0.717, 1.165) is 35.3 Å². The molecule has 4 rings (SSSR count). The maximum Gasteiger partial charge on any atom is 0.262 e. The van der Waals surface area contributed by atoms with Crippen molar-refractivity contribution in [2.24, 2.45) is 0 Å². The summed E-state index contributed by atoms with van der Waals surface area (Å²) in [6, 6.07) is 24.3. The molecule has 0 saturated carbocycles. The van der Waals surface area contributed by atoms with Crippen LogP contribution in [0.15, 0.2) is 72.8 Å². The molecule has 1 unspecified atom stereocenters. The molecule has 0 saturated heterocycles. The van der Waals surface area contributed by atoms with Crippen molar-refractivity contribution < 1.29 is 6.22 Å². The van der Waals surface area contributed by atoms with Gasteiger partial charge in [-0.1, -0.05) is 61.9 Å². The lowest BCUT2D eigenvalue weighted by Gasteiger charge is -2.38. The van der Waals surface area contributed by atoms with E-state index in [1.54, 1.807) is 0 Å². The van der Waals surface area contributed by atoms with Gasteiger partial charge in [0.15, 0.2) is 0 Å². The molecule has 1 atom stereocenters. The summed E-state index contributed by atoms with van der Waals surface area (Å²) < 4.78 is 0. The highest BCUT2D eigenvalue weighted by Crippen LogP contribution is 2.37. The van der Waals surface area contributed by atoms with Crippen LogP contribution in [0.2, 0.25) is 0 Å². The number of carbonyl (C=O) groups excluding carboxylic acids is 1. The summed E-state index contributed by atoms with van der Waals surface area (Å²) in [5.41, 5.74) is 6.07. The van der Waals surface area contributed by atoms with Crippen LogP contribution in [0.3, 0.4) is 0 Å². The summed E-state index contributed by atoms with van der Waals surface area (Å²) in [4.78, 5) is 15.3. The third-order valence-electron chi connectivity index (χ3n) is 5.16. The van der Waals surface area contributed by atoms with Crippen LogP contribution in [0.4, 0.5) is 11.4 Å². The normalized spacial score (nSPS) is 16.0. The number of aryl methyl sites for hydroxylation is 2. The first-order valence-corrected chi connectivity index (χ1v) is 9.52. The fourth-order valence-corrected chi connectivity index (χ4v) is 3.74. The number of benzene rings is 3. The SMILES string of the molecule is CCCc1ccc(N2C(=O)c3ccccc3NC2c2ccccc2C)cc1.[HH]. The van der Waals surface area contributed by atoms with E-state index in [2.05, 4.69) is 55.6 Å². The Bertz CT molecular complexity index is 968. The smallest absolute Gasteiger partial charge is 0.262 e. The molecule has 1 aliphatic heterocycles. The van der Waals surface area contributed by atoms with Gasteiger partial charge in [-0.25, -0.2) is 0 Å². The highest BCUT2D eigenvalue weighted by molar-refractivity contribution is 6.12. The van der Waals surface area contributed by atoms with E-state index in [9.17, 15) is 4.79 Å². The lowest BCUT2D eigenvalue weighted by Crippen LogP contribution is -2.43. The Labute approximate surface area is 162 Å². The molecule has 1 heterocycles. The van der Waals surface area contributed by atoms with Crippen LogP contribution in [-0.4, -0.2) is 5.91 Å². The fourth-order valence-electron chi connectivity index (χ4n) is 3.74.